The van der Waals surface area contributed by atoms with E-state index in [-0.39, 0.29) is 0 Å². The van der Waals surface area contributed by atoms with Gasteiger partial charge < -0.3 is 5.11 Å². The fourth-order valence-electron chi connectivity index (χ4n) is 1.76. The minimum Gasteiger partial charge on any atom is -0.481 e. The Morgan fingerprint density at radius 3 is 2.06 bits per heavy atom. The molecular weight excluding hydrogens is 224 g/mol. The van der Waals surface area contributed by atoms with Gasteiger partial charge in [-0.25, -0.2) is 0 Å². The van der Waals surface area contributed by atoms with Crippen molar-refractivity contribution in [1.82, 2.24) is 0 Å². The van der Waals surface area contributed by atoms with Crippen molar-refractivity contribution in [3.63, 3.8) is 0 Å². The highest BCUT2D eigenvalue weighted by Crippen LogP contribution is 2.08. The number of allylic oxidation sites excluding steroid dienone is 4. The van der Waals surface area contributed by atoms with E-state index in [0.717, 1.165) is 19.3 Å². The molecule has 0 fully saturated rings. The first-order valence-electron chi connectivity index (χ1n) is 7.30. The number of rotatable bonds is 12. The molecule has 0 aromatic carbocycles. The summed E-state index contributed by atoms with van der Waals surface area (Å²) in [6.07, 6.45) is 19.4. The van der Waals surface area contributed by atoms with E-state index in [1.807, 2.05) is 0 Å². The Morgan fingerprint density at radius 2 is 1.44 bits per heavy atom. The van der Waals surface area contributed by atoms with Crippen LogP contribution in [0.2, 0.25) is 0 Å². The first-order chi connectivity index (χ1) is 8.77. The fourth-order valence-corrected chi connectivity index (χ4v) is 1.76. The Kier molecular flexibility index (Phi) is 13.2. The van der Waals surface area contributed by atoms with Gasteiger partial charge in [0.25, 0.3) is 0 Å². The zero-order chi connectivity index (χ0) is 13.5. The Bertz CT molecular complexity index is 241. The molecule has 0 aliphatic heterocycles. The van der Waals surface area contributed by atoms with E-state index in [9.17, 15) is 4.79 Å². The predicted octanol–water partition coefficient (Wildman–Crippen LogP) is 5.10. The molecule has 0 saturated heterocycles. The molecule has 0 heterocycles. The summed E-state index contributed by atoms with van der Waals surface area (Å²) in [5.74, 6) is -0.670. The van der Waals surface area contributed by atoms with Crippen molar-refractivity contribution in [2.45, 2.75) is 71.1 Å². The Balaban J connectivity index is 3.13. The van der Waals surface area contributed by atoms with Crippen LogP contribution in [0.5, 0.6) is 0 Å². The topological polar surface area (TPSA) is 37.3 Å². The highest BCUT2D eigenvalue weighted by molar-refractivity contribution is 5.66. The lowest BCUT2D eigenvalue weighted by atomic mass is 10.1. The summed E-state index contributed by atoms with van der Waals surface area (Å²) in [6, 6.07) is 0. The number of carbonyl (C=O) groups is 1. The van der Waals surface area contributed by atoms with Crippen LogP contribution >= 0.6 is 0 Å². The second kappa shape index (κ2) is 14.0. The van der Waals surface area contributed by atoms with Gasteiger partial charge in [-0.1, -0.05) is 63.3 Å². The van der Waals surface area contributed by atoms with Crippen molar-refractivity contribution in [1.29, 1.82) is 0 Å². The fraction of sp³-hybridized carbons (Fsp3) is 0.688. The van der Waals surface area contributed by atoms with E-state index in [0.29, 0.717) is 6.42 Å². The summed E-state index contributed by atoms with van der Waals surface area (Å²) in [5.41, 5.74) is 0. The average Bonchev–Trinajstić information content (AvgIpc) is 2.34. The minimum absolute atomic E-state index is 0.326. The van der Waals surface area contributed by atoms with Crippen LogP contribution in [0.3, 0.4) is 0 Å². The van der Waals surface area contributed by atoms with E-state index in [1.165, 1.54) is 38.5 Å². The van der Waals surface area contributed by atoms with E-state index in [2.05, 4.69) is 31.2 Å². The molecule has 0 spiro atoms. The molecule has 0 bridgehead atoms. The van der Waals surface area contributed by atoms with Crippen molar-refractivity contribution in [3.05, 3.63) is 24.3 Å². The lowest BCUT2D eigenvalue weighted by Gasteiger charge is -1.99. The van der Waals surface area contributed by atoms with Crippen molar-refractivity contribution in [2.75, 3.05) is 0 Å². The predicted molar refractivity (Wildman–Crippen MR) is 77.8 cm³/mol. The molecule has 2 heteroatoms. The monoisotopic (exact) mass is 252 g/mol. The summed E-state index contributed by atoms with van der Waals surface area (Å²) in [5, 5.41) is 8.48. The first-order valence-corrected chi connectivity index (χ1v) is 7.30. The molecule has 0 atom stereocenters. The molecule has 0 amide bonds. The Hall–Kier alpha value is -1.05. The molecule has 0 saturated carbocycles. The minimum atomic E-state index is -0.670. The SMILES string of the molecule is CCC/C=C\C=C\CCCCCCCCC(=O)O. The van der Waals surface area contributed by atoms with Gasteiger partial charge >= 0.3 is 5.97 Å². The smallest absolute Gasteiger partial charge is 0.303 e. The summed E-state index contributed by atoms with van der Waals surface area (Å²) in [6.45, 7) is 2.19. The number of carboxylic acids is 1. The van der Waals surface area contributed by atoms with Crippen molar-refractivity contribution < 1.29 is 9.90 Å². The molecule has 0 aliphatic carbocycles. The van der Waals surface area contributed by atoms with Gasteiger partial charge in [0.2, 0.25) is 0 Å². The van der Waals surface area contributed by atoms with E-state index >= 15 is 0 Å². The lowest BCUT2D eigenvalue weighted by Crippen LogP contribution is -1.93. The second-order valence-corrected chi connectivity index (χ2v) is 4.70. The maximum Gasteiger partial charge on any atom is 0.303 e. The quantitative estimate of drug-likeness (QED) is 0.387. The molecule has 18 heavy (non-hydrogen) atoms. The van der Waals surface area contributed by atoms with Crippen LogP contribution in [0.25, 0.3) is 0 Å². The van der Waals surface area contributed by atoms with Crippen LogP contribution in [0.4, 0.5) is 0 Å². The van der Waals surface area contributed by atoms with Crippen LogP contribution in [0, 0.1) is 0 Å². The van der Waals surface area contributed by atoms with Crippen LogP contribution in [-0.2, 0) is 4.79 Å². The van der Waals surface area contributed by atoms with E-state index in [4.69, 9.17) is 5.11 Å². The van der Waals surface area contributed by atoms with Crippen molar-refractivity contribution in [2.24, 2.45) is 0 Å². The van der Waals surface area contributed by atoms with E-state index < -0.39 is 5.97 Å². The molecule has 104 valence electrons. The molecule has 1 N–H and O–H groups in total. The molecule has 0 aliphatic rings. The highest BCUT2D eigenvalue weighted by Gasteiger charge is 1.95. The number of hydrogen-bond acceptors (Lipinski definition) is 1. The van der Waals surface area contributed by atoms with Gasteiger partial charge in [-0.3, -0.25) is 4.79 Å². The lowest BCUT2D eigenvalue weighted by molar-refractivity contribution is -0.137. The number of carboxylic acid groups (broad SMARTS) is 1. The average molecular weight is 252 g/mol. The van der Waals surface area contributed by atoms with Gasteiger partial charge in [0.05, 0.1) is 0 Å². The molecule has 0 aromatic rings. The highest BCUT2D eigenvalue weighted by atomic mass is 16.4. The normalized spacial score (nSPS) is 11.6. The standard InChI is InChI=1S/C16H28O2/c1-2-3-4-5-6-7-8-9-10-11-12-13-14-15-16(17)18/h4-7H,2-3,8-15H2,1H3,(H,17,18)/b5-4-,7-6+. The van der Waals surface area contributed by atoms with Crippen molar-refractivity contribution >= 4 is 5.97 Å². The van der Waals surface area contributed by atoms with Gasteiger partial charge in [0.1, 0.15) is 0 Å². The third kappa shape index (κ3) is 14.9. The Morgan fingerprint density at radius 1 is 0.889 bits per heavy atom. The molecule has 2 nitrogen and oxygen atoms in total. The maximum absolute atomic E-state index is 10.3. The molecule has 0 aromatic heterocycles. The molecular formula is C16H28O2. The summed E-state index contributed by atoms with van der Waals surface area (Å²) in [4.78, 5) is 10.3. The molecule has 0 rings (SSSR count). The van der Waals surface area contributed by atoms with Crippen LogP contribution in [0.1, 0.15) is 71.1 Å². The van der Waals surface area contributed by atoms with Crippen LogP contribution < -0.4 is 0 Å². The number of hydrogen-bond donors (Lipinski definition) is 1. The summed E-state index contributed by atoms with van der Waals surface area (Å²) in [7, 11) is 0. The maximum atomic E-state index is 10.3. The number of aliphatic carboxylic acids is 1. The summed E-state index contributed by atoms with van der Waals surface area (Å²) < 4.78 is 0. The Labute approximate surface area is 112 Å². The third-order valence-electron chi connectivity index (χ3n) is 2.85. The van der Waals surface area contributed by atoms with Crippen LogP contribution in [0.15, 0.2) is 24.3 Å². The van der Waals surface area contributed by atoms with Gasteiger partial charge in [-0.2, -0.15) is 0 Å². The zero-order valence-electron chi connectivity index (χ0n) is 11.7. The molecule has 0 radical (unpaired) electrons. The largest absolute Gasteiger partial charge is 0.481 e. The second-order valence-electron chi connectivity index (χ2n) is 4.70. The zero-order valence-corrected chi connectivity index (χ0v) is 11.7. The van der Waals surface area contributed by atoms with Gasteiger partial charge in [0.15, 0.2) is 0 Å². The third-order valence-corrected chi connectivity index (χ3v) is 2.85. The first kappa shape index (κ1) is 16.9. The van der Waals surface area contributed by atoms with Crippen LogP contribution in [-0.4, -0.2) is 11.1 Å². The summed E-state index contributed by atoms with van der Waals surface area (Å²) >= 11 is 0. The van der Waals surface area contributed by atoms with Crippen molar-refractivity contribution in [3.8, 4) is 0 Å². The number of unbranched alkanes of at least 4 members (excludes halogenated alkanes) is 7. The van der Waals surface area contributed by atoms with E-state index in [1.54, 1.807) is 0 Å². The van der Waals surface area contributed by atoms with Gasteiger partial charge in [-0.05, 0) is 25.7 Å². The molecule has 0 unspecified atom stereocenters. The van der Waals surface area contributed by atoms with Gasteiger partial charge in [0, 0.05) is 6.42 Å². The van der Waals surface area contributed by atoms with Gasteiger partial charge in [-0.15, -0.1) is 0 Å².